The number of para-hydroxylation sites is 1. The molecular formula is C18H26N2O. The van der Waals surface area contributed by atoms with Crippen LogP contribution in [0.4, 0.5) is 0 Å². The Morgan fingerprint density at radius 3 is 2.90 bits per heavy atom. The Morgan fingerprint density at radius 2 is 2.10 bits per heavy atom. The molecule has 2 atom stereocenters. The molecule has 0 aromatic heterocycles. The SMILES string of the molecule is CCC1CNC2(CCCC2)CN1C1COc2ccccc21. The van der Waals surface area contributed by atoms with Crippen LogP contribution in [0.15, 0.2) is 24.3 Å². The van der Waals surface area contributed by atoms with Crippen LogP contribution in [0.2, 0.25) is 0 Å². The molecule has 2 fully saturated rings. The van der Waals surface area contributed by atoms with Crippen LogP contribution in [-0.2, 0) is 0 Å². The van der Waals surface area contributed by atoms with Gasteiger partial charge < -0.3 is 10.1 Å². The molecule has 1 saturated carbocycles. The van der Waals surface area contributed by atoms with Crippen LogP contribution in [0.3, 0.4) is 0 Å². The maximum atomic E-state index is 5.95. The monoisotopic (exact) mass is 286 g/mol. The van der Waals surface area contributed by atoms with E-state index in [1.807, 2.05) is 0 Å². The second kappa shape index (κ2) is 5.29. The van der Waals surface area contributed by atoms with Gasteiger partial charge in [0.25, 0.3) is 0 Å². The molecule has 4 rings (SSSR count). The molecule has 1 aromatic rings. The van der Waals surface area contributed by atoms with Crippen molar-refractivity contribution in [2.24, 2.45) is 0 Å². The average molecular weight is 286 g/mol. The van der Waals surface area contributed by atoms with Crippen molar-refractivity contribution in [1.82, 2.24) is 10.2 Å². The smallest absolute Gasteiger partial charge is 0.124 e. The first kappa shape index (κ1) is 13.6. The third-order valence-corrected chi connectivity index (χ3v) is 5.77. The second-order valence-electron chi connectivity index (χ2n) is 6.97. The summed E-state index contributed by atoms with van der Waals surface area (Å²) < 4.78 is 5.95. The van der Waals surface area contributed by atoms with Crippen molar-refractivity contribution in [3.63, 3.8) is 0 Å². The van der Waals surface area contributed by atoms with Gasteiger partial charge in [-0.3, -0.25) is 4.90 Å². The quantitative estimate of drug-likeness (QED) is 0.904. The van der Waals surface area contributed by atoms with Gasteiger partial charge in [0.05, 0.1) is 6.04 Å². The molecule has 21 heavy (non-hydrogen) atoms. The number of rotatable bonds is 2. The van der Waals surface area contributed by atoms with E-state index in [1.54, 1.807) is 0 Å². The molecule has 1 aliphatic carbocycles. The van der Waals surface area contributed by atoms with Gasteiger partial charge in [0.15, 0.2) is 0 Å². The van der Waals surface area contributed by atoms with Crippen LogP contribution in [0.1, 0.15) is 50.6 Å². The summed E-state index contributed by atoms with van der Waals surface area (Å²) >= 11 is 0. The lowest BCUT2D eigenvalue weighted by molar-refractivity contribution is 0.0322. The fraction of sp³-hybridized carbons (Fsp3) is 0.667. The van der Waals surface area contributed by atoms with Gasteiger partial charge in [-0.05, 0) is 25.3 Å². The minimum absolute atomic E-state index is 0.378. The Morgan fingerprint density at radius 1 is 1.29 bits per heavy atom. The van der Waals surface area contributed by atoms with Crippen LogP contribution in [0, 0.1) is 0 Å². The number of hydrogen-bond acceptors (Lipinski definition) is 3. The van der Waals surface area contributed by atoms with Crippen molar-refractivity contribution in [3.8, 4) is 5.75 Å². The molecule has 3 heteroatoms. The number of nitrogens with zero attached hydrogens (tertiary/aromatic N) is 1. The first-order chi connectivity index (χ1) is 10.3. The lowest BCUT2D eigenvalue weighted by Crippen LogP contribution is -2.63. The average Bonchev–Trinajstić information content (AvgIpc) is 3.14. The van der Waals surface area contributed by atoms with Gasteiger partial charge in [-0.15, -0.1) is 0 Å². The number of piperazine rings is 1. The largest absolute Gasteiger partial charge is 0.491 e. The molecule has 0 amide bonds. The predicted octanol–water partition coefficient (Wildman–Crippen LogP) is 3.12. The van der Waals surface area contributed by atoms with E-state index in [2.05, 4.69) is 41.4 Å². The van der Waals surface area contributed by atoms with Gasteiger partial charge in [0.1, 0.15) is 12.4 Å². The summed E-state index contributed by atoms with van der Waals surface area (Å²) in [6.45, 7) is 5.46. The zero-order chi connectivity index (χ0) is 14.3. The number of nitrogens with one attached hydrogen (secondary N) is 1. The highest BCUT2D eigenvalue weighted by molar-refractivity contribution is 5.39. The van der Waals surface area contributed by atoms with E-state index in [0.717, 1.165) is 18.9 Å². The zero-order valence-corrected chi connectivity index (χ0v) is 13.0. The minimum atomic E-state index is 0.378. The number of benzene rings is 1. The zero-order valence-electron chi connectivity index (χ0n) is 13.0. The van der Waals surface area contributed by atoms with E-state index < -0.39 is 0 Å². The van der Waals surface area contributed by atoms with Crippen molar-refractivity contribution in [2.75, 3.05) is 19.7 Å². The maximum absolute atomic E-state index is 5.95. The van der Waals surface area contributed by atoms with Crippen LogP contribution in [0.25, 0.3) is 0 Å². The van der Waals surface area contributed by atoms with Crippen molar-refractivity contribution < 1.29 is 4.74 Å². The molecule has 3 aliphatic rings. The van der Waals surface area contributed by atoms with Gasteiger partial charge in [0.2, 0.25) is 0 Å². The van der Waals surface area contributed by atoms with E-state index in [9.17, 15) is 0 Å². The first-order valence-electron chi connectivity index (χ1n) is 8.54. The Balaban J connectivity index is 1.62. The summed E-state index contributed by atoms with van der Waals surface area (Å²) in [5.74, 6) is 1.09. The first-order valence-corrected chi connectivity index (χ1v) is 8.54. The molecule has 0 radical (unpaired) electrons. The highest BCUT2D eigenvalue weighted by atomic mass is 16.5. The van der Waals surface area contributed by atoms with Crippen molar-refractivity contribution >= 4 is 0 Å². The van der Waals surface area contributed by atoms with Crippen molar-refractivity contribution in [3.05, 3.63) is 29.8 Å². The molecule has 0 bridgehead atoms. The number of hydrogen-bond donors (Lipinski definition) is 1. The Hall–Kier alpha value is -1.06. The van der Waals surface area contributed by atoms with Gasteiger partial charge in [-0.25, -0.2) is 0 Å². The lowest BCUT2D eigenvalue weighted by Gasteiger charge is -2.48. The molecular weight excluding hydrogens is 260 g/mol. The summed E-state index contributed by atoms with van der Waals surface area (Å²) in [6.07, 6.45) is 6.66. The van der Waals surface area contributed by atoms with E-state index in [4.69, 9.17) is 4.74 Å². The van der Waals surface area contributed by atoms with Gasteiger partial charge in [-0.2, -0.15) is 0 Å². The van der Waals surface area contributed by atoms with Gasteiger partial charge >= 0.3 is 0 Å². The van der Waals surface area contributed by atoms with E-state index in [1.165, 1.54) is 44.2 Å². The van der Waals surface area contributed by atoms with Crippen LogP contribution in [0.5, 0.6) is 5.75 Å². The molecule has 1 spiro atoms. The summed E-state index contributed by atoms with van der Waals surface area (Å²) in [7, 11) is 0. The molecule has 2 unspecified atom stereocenters. The van der Waals surface area contributed by atoms with Gasteiger partial charge in [-0.1, -0.05) is 38.0 Å². The van der Waals surface area contributed by atoms with Crippen molar-refractivity contribution in [2.45, 2.75) is 56.7 Å². The van der Waals surface area contributed by atoms with E-state index in [-0.39, 0.29) is 0 Å². The highest BCUT2D eigenvalue weighted by Crippen LogP contribution is 2.41. The minimum Gasteiger partial charge on any atom is -0.491 e. The van der Waals surface area contributed by atoms with Gasteiger partial charge in [0, 0.05) is 30.2 Å². The summed E-state index contributed by atoms with van der Waals surface area (Å²) in [5.41, 5.74) is 1.77. The van der Waals surface area contributed by atoms with E-state index in [0.29, 0.717) is 17.6 Å². The predicted molar refractivity (Wildman–Crippen MR) is 84.7 cm³/mol. The molecule has 2 aliphatic heterocycles. The molecule has 1 saturated heterocycles. The fourth-order valence-corrected chi connectivity index (χ4v) is 4.54. The topological polar surface area (TPSA) is 24.5 Å². The molecule has 1 N–H and O–H groups in total. The lowest BCUT2D eigenvalue weighted by atomic mass is 9.89. The Labute approximate surface area is 127 Å². The van der Waals surface area contributed by atoms with E-state index >= 15 is 0 Å². The Kier molecular flexibility index (Phi) is 3.43. The fourth-order valence-electron chi connectivity index (χ4n) is 4.54. The number of ether oxygens (including phenoxy) is 1. The molecule has 2 heterocycles. The molecule has 114 valence electrons. The summed E-state index contributed by atoms with van der Waals surface area (Å²) in [4.78, 5) is 2.74. The third kappa shape index (κ3) is 2.27. The Bertz CT molecular complexity index is 510. The van der Waals surface area contributed by atoms with Crippen molar-refractivity contribution in [1.29, 1.82) is 0 Å². The summed E-state index contributed by atoms with van der Waals surface area (Å²) in [5, 5.41) is 3.89. The highest BCUT2D eigenvalue weighted by Gasteiger charge is 2.44. The van der Waals surface area contributed by atoms with Crippen LogP contribution >= 0.6 is 0 Å². The van der Waals surface area contributed by atoms with Crippen LogP contribution in [-0.4, -0.2) is 36.2 Å². The van der Waals surface area contributed by atoms with Crippen LogP contribution < -0.4 is 10.1 Å². The normalized spacial score (nSPS) is 31.3. The second-order valence-corrected chi connectivity index (χ2v) is 6.97. The maximum Gasteiger partial charge on any atom is 0.124 e. The third-order valence-electron chi connectivity index (χ3n) is 5.77. The standard InChI is InChI=1S/C18H26N2O/c1-2-14-11-19-18(9-5-6-10-18)13-20(14)16-12-21-17-8-4-3-7-15(16)17/h3-4,7-8,14,16,19H,2,5-6,9-13H2,1H3. The molecule has 1 aromatic carbocycles. The number of fused-ring (bicyclic) bond motifs is 1. The summed E-state index contributed by atoms with van der Waals surface area (Å²) in [6, 6.07) is 9.68. The molecule has 3 nitrogen and oxygen atoms in total.